The van der Waals surface area contributed by atoms with E-state index in [-0.39, 0.29) is 28.4 Å². The second-order valence-electron chi connectivity index (χ2n) is 21.1. The summed E-state index contributed by atoms with van der Waals surface area (Å²) in [6, 6.07) is 35.0. The number of unbranched alkanes of at least 4 members (excludes halogenated alkanes) is 5. The summed E-state index contributed by atoms with van der Waals surface area (Å²) < 4.78 is 39.7. The first-order valence-corrected chi connectivity index (χ1v) is 27.9. The third kappa shape index (κ3) is 13.7. The van der Waals surface area contributed by atoms with Crippen LogP contribution in [0.2, 0.25) is 0 Å². The molecule has 2 aliphatic heterocycles. The molecule has 2 N–H and O–H groups in total. The van der Waals surface area contributed by atoms with E-state index in [1.54, 1.807) is 6.92 Å². The van der Waals surface area contributed by atoms with Gasteiger partial charge >= 0.3 is 0 Å². The lowest BCUT2D eigenvalue weighted by atomic mass is 9.80. The molecule has 0 amide bonds. The van der Waals surface area contributed by atoms with Crippen LogP contribution in [-0.4, -0.2) is 43.6 Å². The fraction of sp³-hybridized carbons (Fsp3) is 0.435. The summed E-state index contributed by atoms with van der Waals surface area (Å²) in [6.07, 6.45) is 21.4. The van der Waals surface area contributed by atoms with Gasteiger partial charge in [-0.1, -0.05) is 151 Å². The van der Waals surface area contributed by atoms with Crippen molar-refractivity contribution in [3.63, 3.8) is 0 Å². The number of anilines is 2. The maximum absolute atomic E-state index is 11.8. The highest BCUT2D eigenvalue weighted by molar-refractivity contribution is 7.85. The summed E-state index contributed by atoms with van der Waals surface area (Å²) in [5, 5.41) is 3.64. The van der Waals surface area contributed by atoms with Crippen molar-refractivity contribution in [2.45, 2.75) is 155 Å². The number of ketones is 1. The Morgan fingerprint density at radius 2 is 1.42 bits per heavy atom. The van der Waals surface area contributed by atoms with Crippen molar-refractivity contribution < 1.29 is 22.5 Å². The average molecular weight is 978 g/mol. The van der Waals surface area contributed by atoms with Gasteiger partial charge in [-0.25, -0.2) is 0 Å². The van der Waals surface area contributed by atoms with Crippen LogP contribution in [0.15, 0.2) is 156 Å². The molecule has 0 fully saturated rings. The summed E-state index contributed by atoms with van der Waals surface area (Å²) in [4.78, 5) is 16.7. The summed E-state index contributed by atoms with van der Waals surface area (Å²) in [6.45, 7) is 20.3. The largest absolute Gasteiger partial charge is 0.457 e. The first-order valence-electron chi connectivity index (χ1n) is 26.3. The number of fused-ring (bicyclic) bond motifs is 2. The van der Waals surface area contributed by atoms with Crippen LogP contribution >= 0.6 is 0 Å². The Labute approximate surface area is 426 Å². The van der Waals surface area contributed by atoms with E-state index >= 15 is 0 Å². The minimum atomic E-state index is -4.02. The number of Topliss-reactive ketones (excluding diaryl/α,β-unsaturated/α-hetero) is 1. The normalized spacial score (nSPS) is 18.4. The topological polar surface area (TPSA) is 99.2 Å². The number of benzene rings is 4. The Kier molecular flexibility index (Phi) is 18.2. The van der Waals surface area contributed by atoms with Gasteiger partial charge in [0.05, 0.1) is 11.8 Å². The van der Waals surface area contributed by atoms with Gasteiger partial charge in [0.1, 0.15) is 11.5 Å². The molecule has 0 spiro atoms. The summed E-state index contributed by atoms with van der Waals surface area (Å²) in [5.74, 6) is 1.66. The lowest BCUT2D eigenvalue weighted by Gasteiger charge is -2.33. The van der Waals surface area contributed by atoms with Gasteiger partial charge in [0.15, 0.2) is 5.78 Å². The monoisotopic (exact) mass is 978 g/mol. The highest BCUT2D eigenvalue weighted by atomic mass is 32.2. The molecule has 1 aliphatic carbocycles. The van der Waals surface area contributed by atoms with Gasteiger partial charge < -0.3 is 19.9 Å². The zero-order valence-corrected chi connectivity index (χ0v) is 44.3. The first-order chi connectivity index (χ1) is 34.1. The standard InChI is InChI=1S/C62H79N3O5S/c1-8-9-41-64-55-26-16-14-24-53(55)61(4,5)58(64)39-35-50-22-20-23-51(36-40-59-62(6,7)54-25-15-17-27-56(54)65(59)42-18-19-43-71(67,68)69)60(50)70-52-37-33-49(34-38-52)45-63-44-48-31-29-47(30-32-48)21-12-10-11-13-28-57(66)46(2)3/h14-17,24-27,29-40,58,63H,2,8-13,18-23,28,41-45H2,1,3-7H3,(H,67,68,69)/b39-35+,51-36+,59-40+. The fourth-order valence-electron chi connectivity index (χ4n) is 10.7. The molecule has 0 aromatic heterocycles. The van der Waals surface area contributed by atoms with Crippen LogP contribution in [0.25, 0.3) is 0 Å². The van der Waals surface area contributed by atoms with Crippen LogP contribution < -0.4 is 19.9 Å². The van der Waals surface area contributed by atoms with E-state index in [1.807, 2.05) is 0 Å². The second kappa shape index (κ2) is 24.3. The summed E-state index contributed by atoms with van der Waals surface area (Å²) >= 11 is 0. The minimum Gasteiger partial charge on any atom is -0.457 e. The average Bonchev–Trinajstić information content (AvgIpc) is 3.70. The van der Waals surface area contributed by atoms with Gasteiger partial charge in [-0.3, -0.25) is 9.35 Å². The molecule has 9 heteroatoms. The molecular weight excluding hydrogens is 899 g/mol. The molecule has 0 bridgehead atoms. The number of allylic oxidation sites excluding steroid dienone is 7. The number of nitrogens with zero attached hydrogens (tertiary/aromatic N) is 2. The molecule has 8 nitrogen and oxygen atoms in total. The highest BCUT2D eigenvalue weighted by Gasteiger charge is 2.43. The van der Waals surface area contributed by atoms with E-state index in [1.165, 1.54) is 39.1 Å². The fourth-order valence-corrected chi connectivity index (χ4v) is 11.3. The smallest absolute Gasteiger partial charge is 0.264 e. The van der Waals surface area contributed by atoms with Gasteiger partial charge in [-0.05, 0) is 140 Å². The van der Waals surface area contributed by atoms with Crippen molar-refractivity contribution in [1.29, 1.82) is 0 Å². The number of para-hydroxylation sites is 2. The number of ether oxygens (including phenoxy) is 1. The number of hydrogen-bond donors (Lipinski definition) is 2. The molecule has 71 heavy (non-hydrogen) atoms. The molecule has 0 radical (unpaired) electrons. The van der Waals surface area contributed by atoms with E-state index in [0.717, 1.165) is 112 Å². The number of rotatable bonds is 25. The van der Waals surface area contributed by atoms with E-state index in [4.69, 9.17) is 4.74 Å². The Bertz CT molecular complexity index is 2710. The molecule has 1 unspecified atom stereocenters. The summed E-state index contributed by atoms with van der Waals surface area (Å²) in [5.41, 5.74) is 12.7. The second-order valence-corrected chi connectivity index (χ2v) is 22.7. The zero-order valence-electron chi connectivity index (χ0n) is 43.4. The van der Waals surface area contributed by atoms with Gasteiger partial charge in [0, 0.05) is 60.5 Å². The van der Waals surface area contributed by atoms with Crippen molar-refractivity contribution in [3.05, 3.63) is 184 Å². The van der Waals surface area contributed by atoms with Crippen molar-refractivity contribution in [1.82, 2.24) is 5.32 Å². The number of aryl methyl sites for hydroxylation is 1. The van der Waals surface area contributed by atoms with E-state index in [2.05, 4.69) is 178 Å². The van der Waals surface area contributed by atoms with E-state index in [9.17, 15) is 17.8 Å². The third-order valence-corrected chi connectivity index (χ3v) is 15.7. The van der Waals surface area contributed by atoms with Crippen LogP contribution in [0.5, 0.6) is 5.75 Å². The molecule has 3 aliphatic rings. The highest BCUT2D eigenvalue weighted by Crippen LogP contribution is 2.49. The van der Waals surface area contributed by atoms with Crippen LogP contribution in [0.1, 0.15) is 146 Å². The molecule has 4 aromatic carbocycles. The zero-order chi connectivity index (χ0) is 50.6. The van der Waals surface area contributed by atoms with E-state index < -0.39 is 10.1 Å². The number of carbonyl (C=O) groups excluding carboxylic acids is 1. The Hall–Kier alpha value is -5.48. The van der Waals surface area contributed by atoms with Crippen LogP contribution in [0, 0.1) is 0 Å². The van der Waals surface area contributed by atoms with Gasteiger partial charge in [-0.15, -0.1) is 0 Å². The number of hydrogen-bond acceptors (Lipinski definition) is 7. The first kappa shape index (κ1) is 53.3. The molecular formula is C62H79N3O5S. The third-order valence-electron chi connectivity index (χ3n) is 14.9. The lowest BCUT2D eigenvalue weighted by molar-refractivity contribution is -0.115. The Morgan fingerprint density at radius 1 is 0.775 bits per heavy atom. The quantitative estimate of drug-likeness (QED) is 0.0385. The van der Waals surface area contributed by atoms with Gasteiger partial charge in [0.25, 0.3) is 10.1 Å². The van der Waals surface area contributed by atoms with Crippen LogP contribution in [0.3, 0.4) is 0 Å². The predicted molar refractivity (Wildman–Crippen MR) is 295 cm³/mol. The summed E-state index contributed by atoms with van der Waals surface area (Å²) in [7, 11) is -4.02. The van der Waals surface area contributed by atoms with Crippen LogP contribution in [-0.2, 0) is 45.3 Å². The molecule has 1 atom stereocenters. The maximum Gasteiger partial charge on any atom is 0.264 e. The van der Waals surface area contributed by atoms with Gasteiger partial charge in [0.2, 0.25) is 0 Å². The van der Waals surface area contributed by atoms with Crippen molar-refractivity contribution in [2.75, 3.05) is 28.6 Å². The minimum absolute atomic E-state index is 0.0726. The van der Waals surface area contributed by atoms with E-state index in [0.29, 0.717) is 31.4 Å². The van der Waals surface area contributed by atoms with Crippen molar-refractivity contribution >= 4 is 27.3 Å². The molecule has 378 valence electrons. The Morgan fingerprint density at radius 3 is 2.11 bits per heavy atom. The van der Waals surface area contributed by atoms with Gasteiger partial charge in [-0.2, -0.15) is 8.42 Å². The molecule has 4 aromatic rings. The van der Waals surface area contributed by atoms with Crippen molar-refractivity contribution in [3.8, 4) is 5.75 Å². The Balaban J connectivity index is 1.09. The molecule has 0 saturated carbocycles. The van der Waals surface area contributed by atoms with Crippen molar-refractivity contribution in [2.24, 2.45) is 0 Å². The molecule has 2 heterocycles. The molecule has 0 saturated heterocycles. The predicted octanol–water partition coefficient (Wildman–Crippen LogP) is 14.2. The maximum atomic E-state index is 11.8. The number of carbonyl (C=O) groups is 1. The SMILES string of the molecule is C=C(C)C(=O)CCCCCCc1ccc(CNCc2ccc(OC3=C(/C=C/C4N(CCCC)c5ccccc5C4(C)C)CCC/C3=C\C=C3\N(CCCCS(=O)(=O)O)c4ccccc4C3(C)C)cc2)cc1. The van der Waals surface area contributed by atoms with Crippen LogP contribution in [0.4, 0.5) is 11.4 Å². The number of nitrogens with one attached hydrogen (secondary N) is 1. The molecule has 7 rings (SSSR count). The lowest BCUT2D eigenvalue weighted by Crippen LogP contribution is -2.40.